The average molecular weight is 268 g/mol. The predicted octanol–water partition coefficient (Wildman–Crippen LogP) is 3.34. The summed E-state index contributed by atoms with van der Waals surface area (Å²) >= 11 is 1.79. The maximum Gasteiger partial charge on any atom is 0.110 e. The molecular formula is C14H24N2OS. The number of nitrogens with one attached hydrogen (secondary N) is 1. The average Bonchev–Trinajstić information content (AvgIpc) is 2.97. The normalized spacial score (nSPS) is 22.0. The highest BCUT2D eigenvalue weighted by molar-refractivity contribution is 7.09. The van der Waals surface area contributed by atoms with Gasteiger partial charge in [0.15, 0.2) is 0 Å². The number of thiazole rings is 1. The Labute approximate surface area is 114 Å². The van der Waals surface area contributed by atoms with Crippen molar-refractivity contribution in [3.8, 4) is 0 Å². The van der Waals surface area contributed by atoms with Gasteiger partial charge in [-0.15, -0.1) is 11.3 Å². The molecule has 0 saturated carbocycles. The molecule has 1 fully saturated rings. The van der Waals surface area contributed by atoms with E-state index in [2.05, 4.69) is 38.4 Å². The molecule has 0 aromatic carbocycles. The summed E-state index contributed by atoms with van der Waals surface area (Å²) < 4.78 is 5.53. The molecule has 1 aliphatic rings. The van der Waals surface area contributed by atoms with Crippen LogP contribution in [0.5, 0.6) is 0 Å². The minimum Gasteiger partial charge on any atom is -0.381 e. The highest BCUT2D eigenvalue weighted by atomic mass is 32.1. The monoisotopic (exact) mass is 268 g/mol. The van der Waals surface area contributed by atoms with Crippen molar-refractivity contribution in [2.24, 2.45) is 5.92 Å². The molecule has 0 radical (unpaired) electrons. The summed E-state index contributed by atoms with van der Waals surface area (Å²) in [6.45, 7) is 10.5. The summed E-state index contributed by atoms with van der Waals surface area (Å²) in [6.07, 6.45) is 1.14. The minimum atomic E-state index is 0.352. The van der Waals surface area contributed by atoms with E-state index in [0.29, 0.717) is 23.9 Å². The van der Waals surface area contributed by atoms with Crippen LogP contribution < -0.4 is 5.32 Å². The lowest BCUT2D eigenvalue weighted by molar-refractivity contribution is 0.175. The second kappa shape index (κ2) is 6.13. The van der Waals surface area contributed by atoms with Gasteiger partial charge in [0.05, 0.1) is 18.3 Å². The molecule has 0 spiro atoms. The molecule has 18 heavy (non-hydrogen) atoms. The number of hydrogen-bond acceptors (Lipinski definition) is 4. The van der Waals surface area contributed by atoms with Crippen LogP contribution in [0.1, 0.15) is 56.8 Å². The fourth-order valence-electron chi connectivity index (χ4n) is 2.29. The Bertz CT molecular complexity index is 370. The third-order valence-electron chi connectivity index (χ3n) is 3.35. The third kappa shape index (κ3) is 3.31. The van der Waals surface area contributed by atoms with Gasteiger partial charge < -0.3 is 10.1 Å². The van der Waals surface area contributed by atoms with Gasteiger partial charge in [-0.3, -0.25) is 0 Å². The molecule has 1 aromatic heterocycles. The van der Waals surface area contributed by atoms with E-state index in [1.807, 2.05) is 0 Å². The fourth-order valence-corrected chi connectivity index (χ4v) is 3.42. The first kappa shape index (κ1) is 14.0. The Morgan fingerprint density at radius 1 is 1.39 bits per heavy atom. The summed E-state index contributed by atoms with van der Waals surface area (Å²) in [5.41, 5.74) is 1.21. The molecular weight excluding hydrogens is 244 g/mol. The van der Waals surface area contributed by atoms with Crippen molar-refractivity contribution in [3.05, 3.63) is 16.1 Å². The predicted molar refractivity (Wildman–Crippen MR) is 76.1 cm³/mol. The lowest BCUT2D eigenvalue weighted by atomic mass is 9.98. The lowest BCUT2D eigenvalue weighted by Crippen LogP contribution is -2.33. The Kier molecular flexibility index (Phi) is 4.76. The van der Waals surface area contributed by atoms with Gasteiger partial charge in [-0.05, 0) is 12.3 Å². The van der Waals surface area contributed by atoms with Gasteiger partial charge in [0.25, 0.3) is 0 Å². The Hall–Kier alpha value is -0.450. The largest absolute Gasteiger partial charge is 0.381 e. The van der Waals surface area contributed by atoms with Crippen molar-refractivity contribution in [1.82, 2.24) is 10.3 Å². The van der Waals surface area contributed by atoms with Crippen molar-refractivity contribution < 1.29 is 4.74 Å². The molecule has 2 atom stereocenters. The second-order valence-corrected chi connectivity index (χ2v) is 6.58. The first-order chi connectivity index (χ1) is 8.58. The summed E-state index contributed by atoms with van der Waals surface area (Å²) in [6, 6.07) is 0.826. The number of aromatic nitrogens is 1. The van der Waals surface area contributed by atoms with Gasteiger partial charge in [0.1, 0.15) is 5.01 Å². The standard InChI is InChI=1S/C14H24N2OS/c1-9(2)12-8-18-14(16-12)13(15-10(3)4)11-5-6-17-7-11/h8-11,13,15H,5-7H2,1-4H3. The van der Waals surface area contributed by atoms with Gasteiger partial charge in [0.2, 0.25) is 0 Å². The molecule has 1 aromatic rings. The molecule has 2 unspecified atom stereocenters. The van der Waals surface area contributed by atoms with Crippen LogP contribution in [0.3, 0.4) is 0 Å². The van der Waals surface area contributed by atoms with Gasteiger partial charge >= 0.3 is 0 Å². The first-order valence-electron chi connectivity index (χ1n) is 6.87. The molecule has 0 aliphatic carbocycles. The van der Waals surface area contributed by atoms with Gasteiger partial charge in [-0.25, -0.2) is 4.98 Å². The van der Waals surface area contributed by atoms with Crippen LogP contribution in [0.25, 0.3) is 0 Å². The van der Waals surface area contributed by atoms with Crippen LogP contribution in [-0.2, 0) is 4.74 Å². The van der Waals surface area contributed by atoms with Crippen LogP contribution in [0, 0.1) is 5.92 Å². The van der Waals surface area contributed by atoms with Crippen molar-refractivity contribution in [1.29, 1.82) is 0 Å². The maximum absolute atomic E-state index is 5.53. The molecule has 3 nitrogen and oxygen atoms in total. The molecule has 2 heterocycles. The Morgan fingerprint density at radius 2 is 2.17 bits per heavy atom. The Morgan fingerprint density at radius 3 is 2.67 bits per heavy atom. The van der Waals surface area contributed by atoms with E-state index in [0.717, 1.165) is 19.6 Å². The van der Waals surface area contributed by atoms with E-state index in [1.165, 1.54) is 10.7 Å². The molecule has 1 saturated heterocycles. The topological polar surface area (TPSA) is 34.2 Å². The van der Waals surface area contributed by atoms with Crippen molar-refractivity contribution >= 4 is 11.3 Å². The van der Waals surface area contributed by atoms with Crippen molar-refractivity contribution in [2.75, 3.05) is 13.2 Å². The van der Waals surface area contributed by atoms with E-state index in [1.54, 1.807) is 11.3 Å². The highest BCUT2D eigenvalue weighted by Crippen LogP contribution is 2.32. The van der Waals surface area contributed by atoms with Gasteiger partial charge in [-0.2, -0.15) is 0 Å². The highest BCUT2D eigenvalue weighted by Gasteiger charge is 2.29. The van der Waals surface area contributed by atoms with E-state index < -0.39 is 0 Å². The zero-order valence-electron chi connectivity index (χ0n) is 11.8. The lowest BCUT2D eigenvalue weighted by Gasteiger charge is -2.24. The second-order valence-electron chi connectivity index (χ2n) is 5.69. The smallest absolute Gasteiger partial charge is 0.110 e. The molecule has 0 amide bonds. The minimum absolute atomic E-state index is 0.352. The van der Waals surface area contributed by atoms with Crippen LogP contribution in [0.4, 0.5) is 0 Å². The molecule has 4 heteroatoms. The molecule has 0 bridgehead atoms. The number of hydrogen-bond donors (Lipinski definition) is 1. The fraction of sp³-hybridized carbons (Fsp3) is 0.786. The first-order valence-corrected chi connectivity index (χ1v) is 7.75. The zero-order chi connectivity index (χ0) is 13.1. The van der Waals surface area contributed by atoms with Crippen LogP contribution in [-0.4, -0.2) is 24.2 Å². The molecule has 102 valence electrons. The number of nitrogens with zero attached hydrogens (tertiary/aromatic N) is 1. The van der Waals surface area contributed by atoms with E-state index in [9.17, 15) is 0 Å². The maximum atomic E-state index is 5.53. The van der Waals surface area contributed by atoms with E-state index in [-0.39, 0.29) is 0 Å². The van der Waals surface area contributed by atoms with Crippen LogP contribution in [0.2, 0.25) is 0 Å². The van der Waals surface area contributed by atoms with Gasteiger partial charge in [0, 0.05) is 23.9 Å². The molecule has 1 N–H and O–H groups in total. The number of rotatable bonds is 5. The summed E-state index contributed by atoms with van der Waals surface area (Å²) in [5.74, 6) is 1.08. The zero-order valence-corrected chi connectivity index (χ0v) is 12.6. The summed E-state index contributed by atoms with van der Waals surface area (Å²) in [7, 11) is 0. The van der Waals surface area contributed by atoms with E-state index >= 15 is 0 Å². The van der Waals surface area contributed by atoms with E-state index in [4.69, 9.17) is 9.72 Å². The number of ether oxygens (including phenoxy) is 1. The quantitative estimate of drug-likeness (QED) is 0.889. The van der Waals surface area contributed by atoms with Crippen molar-refractivity contribution in [2.45, 2.75) is 52.1 Å². The van der Waals surface area contributed by atoms with Crippen molar-refractivity contribution in [3.63, 3.8) is 0 Å². The van der Waals surface area contributed by atoms with Crippen LogP contribution in [0.15, 0.2) is 5.38 Å². The Balaban J connectivity index is 2.15. The van der Waals surface area contributed by atoms with Crippen LogP contribution >= 0.6 is 11.3 Å². The molecule has 1 aliphatic heterocycles. The van der Waals surface area contributed by atoms with Gasteiger partial charge in [-0.1, -0.05) is 27.7 Å². The third-order valence-corrected chi connectivity index (χ3v) is 4.29. The molecule has 2 rings (SSSR count). The summed E-state index contributed by atoms with van der Waals surface area (Å²) in [5, 5.41) is 7.08. The SMILES string of the molecule is CC(C)NC(c1nc(C(C)C)cs1)C1CCOC1. The summed E-state index contributed by atoms with van der Waals surface area (Å²) in [4.78, 5) is 4.81.